The fourth-order valence-electron chi connectivity index (χ4n) is 3.91. The fraction of sp³-hybridized carbons (Fsp3) is 0.267. The molecule has 222 valence electrons. The number of nitrogens with one attached hydrogen (secondary N) is 2. The van der Waals surface area contributed by atoms with Crippen LogP contribution in [0.3, 0.4) is 0 Å². The highest BCUT2D eigenvalue weighted by molar-refractivity contribution is 7.89. The smallest absolute Gasteiger partial charge is 0.240 e. The average molecular weight is 612 g/mol. The third kappa shape index (κ3) is 9.57. The monoisotopic (exact) mass is 611 g/mol. The second kappa shape index (κ2) is 16.3. The Bertz CT molecular complexity index is 1510. The lowest BCUT2D eigenvalue weighted by Gasteiger charge is -2.11. The van der Waals surface area contributed by atoms with Crippen molar-refractivity contribution in [2.75, 3.05) is 58.0 Å². The van der Waals surface area contributed by atoms with Crippen molar-refractivity contribution >= 4 is 33.3 Å². The van der Waals surface area contributed by atoms with Gasteiger partial charge in [-0.05, 0) is 41.5 Å². The normalized spacial score (nSPS) is 11.5. The summed E-state index contributed by atoms with van der Waals surface area (Å²) in [6.45, 7) is 3.01. The van der Waals surface area contributed by atoms with E-state index in [1.165, 1.54) is 18.3 Å². The molecule has 1 heterocycles. The van der Waals surface area contributed by atoms with Crippen molar-refractivity contribution in [3.8, 4) is 22.4 Å². The predicted molar refractivity (Wildman–Crippen MR) is 164 cm³/mol. The summed E-state index contributed by atoms with van der Waals surface area (Å²) in [5.41, 5.74) is 9.53. The molecular weight excluding hydrogens is 578 g/mol. The van der Waals surface area contributed by atoms with Crippen molar-refractivity contribution in [1.29, 1.82) is 0 Å². The molecule has 42 heavy (non-hydrogen) atoms. The molecule has 0 aliphatic carbocycles. The largest absolute Gasteiger partial charge is 0.378 e. The molecule has 0 saturated carbocycles. The molecule has 0 bridgehead atoms. The van der Waals surface area contributed by atoms with Crippen molar-refractivity contribution in [2.24, 2.45) is 5.73 Å². The number of anilines is 2. The van der Waals surface area contributed by atoms with Crippen LogP contribution in [0.5, 0.6) is 0 Å². The molecule has 4 rings (SSSR count). The van der Waals surface area contributed by atoms with E-state index in [0.717, 1.165) is 16.7 Å². The first-order valence-corrected chi connectivity index (χ1v) is 15.3. The van der Waals surface area contributed by atoms with E-state index in [4.69, 9.17) is 31.5 Å². The van der Waals surface area contributed by atoms with E-state index in [-0.39, 0.29) is 18.0 Å². The quantitative estimate of drug-likeness (QED) is 0.147. The molecule has 0 saturated heterocycles. The number of hydrogen-bond acceptors (Lipinski definition) is 9. The van der Waals surface area contributed by atoms with Crippen LogP contribution >= 0.6 is 11.6 Å². The van der Waals surface area contributed by atoms with E-state index in [1.807, 2.05) is 54.6 Å². The van der Waals surface area contributed by atoms with Gasteiger partial charge in [0.1, 0.15) is 0 Å². The number of ether oxygens (including phenoxy) is 3. The maximum atomic E-state index is 12.7. The molecule has 4 aromatic rings. The van der Waals surface area contributed by atoms with Crippen LogP contribution in [0.15, 0.2) is 90.0 Å². The number of benzene rings is 3. The highest BCUT2D eigenvalue weighted by Crippen LogP contribution is 2.30. The van der Waals surface area contributed by atoms with Gasteiger partial charge in [-0.1, -0.05) is 60.1 Å². The Morgan fingerprint density at radius 2 is 1.40 bits per heavy atom. The summed E-state index contributed by atoms with van der Waals surface area (Å²) >= 11 is 6.46. The Morgan fingerprint density at radius 3 is 2.12 bits per heavy atom. The summed E-state index contributed by atoms with van der Waals surface area (Å²) in [5, 5.41) is 3.53. The summed E-state index contributed by atoms with van der Waals surface area (Å²) in [6, 6.07) is 24.3. The van der Waals surface area contributed by atoms with E-state index >= 15 is 0 Å². The molecule has 0 unspecified atom stereocenters. The van der Waals surface area contributed by atoms with Gasteiger partial charge in [0.05, 0.1) is 61.5 Å². The molecule has 10 nitrogen and oxygen atoms in total. The third-order valence-corrected chi connectivity index (χ3v) is 7.71. The minimum atomic E-state index is -3.70. The number of nitrogens with two attached hydrogens (primary N) is 1. The minimum absolute atomic E-state index is 0.129. The highest BCUT2D eigenvalue weighted by atomic mass is 35.5. The molecule has 12 heteroatoms. The second-order valence-electron chi connectivity index (χ2n) is 9.01. The molecule has 0 aliphatic heterocycles. The summed E-state index contributed by atoms with van der Waals surface area (Å²) < 4.78 is 43.8. The number of hydrogen-bond donors (Lipinski definition) is 3. The lowest BCUT2D eigenvalue weighted by Crippen LogP contribution is -2.27. The van der Waals surface area contributed by atoms with Crippen molar-refractivity contribution in [3.05, 3.63) is 90.1 Å². The maximum absolute atomic E-state index is 12.7. The van der Waals surface area contributed by atoms with Gasteiger partial charge in [-0.25, -0.2) is 23.1 Å². The van der Waals surface area contributed by atoms with E-state index in [0.29, 0.717) is 61.9 Å². The Labute approximate surface area is 251 Å². The molecule has 3 aromatic carbocycles. The molecule has 0 aliphatic rings. The van der Waals surface area contributed by atoms with Gasteiger partial charge in [0, 0.05) is 24.3 Å². The minimum Gasteiger partial charge on any atom is -0.378 e. The molecule has 0 amide bonds. The lowest BCUT2D eigenvalue weighted by atomic mass is 10.0. The van der Waals surface area contributed by atoms with Crippen molar-refractivity contribution in [2.45, 2.75) is 4.90 Å². The molecular formula is C30H34ClN5O5S. The van der Waals surface area contributed by atoms with E-state index in [1.54, 1.807) is 12.1 Å². The summed E-state index contributed by atoms with van der Waals surface area (Å²) in [4.78, 5) is 9.03. The zero-order valence-electron chi connectivity index (χ0n) is 23.0. The Morgan fingerprint density at radius 1 is 0.762 bits per heavy atom. The van der Waals surface area contributed by atoms with Gasteiger partial charge in [-0.15, -0.1) is 0 Å². The Balaban J connectivity index is 1.28. The van der Waals surface area contributed by atoms with E-state index in [2.05, 4.69) is 20.0 Å². The van der Waals surface area contributed by atoms with Crippen LogP contribution in [0, 0.1) is 0 Å². The first-order valence-electron chi connectivity index (χ1n) is 13.4. The first-order chi connectivity index (χ1) is 20.5. The SMILES string of the molecule is NCCOCCOCCOCCNS(=O)(=O)c1ccc(Nc2ncc(Cl)c(-c3cccc(-c4ccccc4)c3)n2)cc1. The van der Waals surface area contributed by atoms with Crippen molar-refractivity contribution < 1.29 is 22.6 Å². The van der Waals surface area contributed by atoms with Crippen LogP contribution < -0.4 is 15.8 Å². The van der Waals surface area contributed by atoms with Crippen LogP contribution in [0.4, 0.5) is 11.6 Å². The number of halogens is 1. The van der Waals surface area contributed by atoms with Crippen molar-refractivity contribution in [3.63, 3.8) is 0 Å². The van der Waals surface area contributed by atoms with Gasteiger partial charge >= 0.3 is 0 Å². The number of rotatable bonds is 17. The zero-order chi connectivity index (χ0) is 29.6. The summed E-state index contributed by atoms with van der Waals surface area (Å²) in [6.07, 6.45) is 1.54. The molecule has 0 radical (unpaired) electrons. The van der Waals surface area contributed by atoms with Crippen LogP contribution in [-0.2, 0) is 24.2 Å². The van der Waals surface area contributed by atoms with Crippen LogP contribution in [0.2, 0.25) is 5.02 Å². The van der Waals surface area contributed by atoms with Gasteiger partial charge in [-0.3, -0.25) is 0 Å². The molecule has 4 N–H and O–H groups in total. The first kappa shape index (κ1) is 31.5. The summed E-state index contributed by atoms with van der Waals surface area (Å²) in [7, 11) is -3.70. The number of nitrogens with zero attached hydrogens (tertiary/aromatic N) is 2. The van der Waals surface area contributed by atoms with Crippen LogP contribution in [0.1, 0.15) is 0 Å². The van der Waals surface area contributed by atoms with Crippen molar-refractivity contribution in [1.82, 2.24) is 14.7 Å². The number of sulfonamides is 1. The fourth-order valence-corrected chi connectivity index (χ4v) is 5.12. The summed E-state index contributed by atoms with van der Waals surface area (Å²) in [5.74, 6) is 0.331. The molecule has 0 fully saturated rings. The zero-order valence-corrected chi connectivity index (χ0v) is 24.6. The number of aromatic nitrogens is 2. The topological polar surface area (TPSA) is 138 Å². The van der Waals surface area contributed by atoms with Gasteiger partial charge in [-0.2, -0.15) is 0 Å². The average Bonchev–Trinajstić information content (AvgIpc) is 3.01. The van der Waals surface area contributed by atoms with Gasteiger partial charge < -0.3 is 25.3 Å². The molecule has 0 atom stereocenters. The predicted octanol–water partition coefficient (Wildman–Crippen LogP) is 4.49. The standard InChI is InChI=1S/C30H34ClN5O5S/c31-28-22-33-30(36-29(28)25-8-4-7-24(21-25)23-5-2-1-3-6-23)35-26-9-11-27(12-10-26)42(37,38)34-14-16-40-18-20-41-19-17-39-15-13-32/h1-12,21-22,34H,13-20,32H2,(H,33,35,36). The maximum Gasteiger partial charge on any atom is 0.240 e. The molecule has 1 aromatic heterocycles. The van der Waals surface area contributed by atoms with E-state index < -0.39 is 10.0 Å². The highest BCUT2D eigenvalue weighted by Gasteiger charge is 2.14. The Hall–Kier alpha value is -3.42. The molecule has 0 spiro atoms. The van der Waals surface area contributed by atoms with Crippen LogP contribution in [0.25, 0.3) is 22.4 Å². The van der Waals surface area contributed by atoms with Crippen LogP contribution in [-0.4, -0.2) is 71.1 Å². The van der Waals surface area contributed by atoms with Gasteiger partial charge in [0.15, 0.2) is 0 Å². The van der Waals surface area contributed by atoms with Gasteiger partial charge in [0.25, 0.3) is 0 Å². The van der Waals surface area contributed by atoms with Gasteiger partial charge in [0.2, 0.25) is 16.0 Å². The third-order valence-electron chi connectivity index (χ3n) is 5.95. The van der Waals surface area contributed by atoms with E-state index in [9.17, 15) is 8.42 Å². The Kier molecular flexibility index (Phi) is 12.2. The second-order valence-corrected chi connectivity index (χ2v) is 11.2. The lowest BCUT2D eigenvalue weighted by molar-refractivity contribution is 0.0171.